The lowest BCUT2D eigenvalue weighted by molar-refractivity contribution is 0.103. The van der Waals surface area contributed by atoms with Crippen LogP contribution in [0.1, 0.15) is 15.9 Å². The zero-order valence-corrected chi connectivity index (χ0v) is 11.8. The molecule has 0 spiro atoms. The number of hydrogen-bond acceptors (Lipinski definition) is 3. The van der Waals surface area contributed by atoms with Crippen molar-refractivity contribution in [2.24, 2.45) is 0 Å². The Bertz CT molecular complexity index is 601. The molecule has 0 saturated heterocycles. The first-order valence-corrected chi connectivity index (χ1v) is 6.27. The first-order valence-electron chi connectivity index (χ1n) is 5.10. The Labute approximate surface area is 118 Å². The minimum absolute atomic E-state index is 0.178. The van der Waals surface area contributed by atoms with E-state index in [1.165, 1.54) is 13.3 Å². The van der Waals surface area contributed by atoms with Gasteiger partial charge in [0.05, 0.1) is 12.7 Å². The van der Waals surface area contributed by atoms with E-state index in [9.17, 15) is 4.79 Å². The van der Waals surface area contributed by atoms with Crippen LogP contribution in [0.5, 0.6) is 5.75 Å². The second-order valence-corrected chi connectivity index (χ2v) is 4.92. The Morgan fingerprint density at radius 1 is 1.33 bits per heavy atom. The van der Waals surface area contributed by atoms with Crippen LogP contribution in [0.25, 0.3) is 0 Å². The number of pyridine rings is 1. The molecule has 5 heteroatoms. The van der Waals surface area contributed by atoms with Crippen molar-refractivity contribution in [3.8, 4) is 5.75 Å². The molecule has 1 aromatic carbocycles. The van der Waals surface area contributed by atoms with Gasteiger partial charge in [0.25, 0.3) is 0 Å². The Morgan fingerprint density at radius 3 is 2.78 bits per heavy atom. The average molecular weight is 327 g/mol. The van der Waals surface area contributed by atoms with Gasteiger partial charge in [-0.1, -0.05) is 11.6 Å². The number of nitrogens with zero attached hydrogens (tertiary/aromatic N) is 1. The molecule has 0 bridgehead atoms. The number of benzene rings is 1. The van der Waals surface area contributed by atoms with Gasteiger partial charge in [0, 0.05) is 27.5 Å². The summed E-state index contributed by atoms with van der Waals surface area (Å²) in [5.41, 5.74) is 0.898. The van der Waals surface area contributed by atoms with E-state index in [0.717, 1.165) is 4.47 Å². The van der Waals surface area contributed by atoms with Crippen LogP contribution >= 0.6 is 27.5 Å². The maximum Gasteiger partial charge on any atom is 0.198 e. The molecule has 0 aliphatic heterocycles. The molecule has 1 aromatic heterocycles. The van der Waals surface area contributed by atoms with Gasteiger partial charge >= 0.3 is 0 Å². The lowest BCUT2D eigenvalue weighted by atomic mass is 10.0. The monoisotopic (exact) mass is 325 g/mol. The van der Waals surface area contributed by atoms with Crippen LogP contribution in [0.2, 0.25) is 5.02 Å². The Morgan fingerprint density at radius 2 is 2.11 bits per heavy atom. The number of ether oxygens (including phenoxy) is 1. The molecule has 0 radical (unpaired) electrons. The van der Waals surface area contributed by atoms with Crippen molar-refractivity contribution in [3.63, 3.8) is 0 Å². The SMILES string of the molecule is COc1ccc(Cl)cc1C(=O)c1cncc(Br)c1. The summed E-state index contributed by atoms with van der Waals surface area (Å²) in [5, 5.41) is 0.488. The highest BCUT2D eigenvalue weighted by Crippen LogP contribution is 2.25. The smallest absolute Gasteiger partial charge is 0.198 e. The van der Waals surface area contributed by atoms with E-state index in [0.29, 0.717) is 21.9 Å². The fourth-order valence-electron chi connectivity index (χ4n) is 1.55. The molecule has 2 aromatic rings. The normalized spacial score (nSPS) is 10.2. The summed E-state index contributed by atoms with van der Waals surface area (Å²) >= 11 is 9.18. The van der Waals surface area contributed by atoms with Crippen LogP contribution in [0.15, 0.2) is 41.1 Å². The highest BCUT2D eigenvalue weighted by atomic mass is 79.9. The molecule has 0 atom stereocenters. The highest BCUT2D eigenvalue weighted by Gasteiger charge is 2.15. The third kappa shape index (κ3) is 2.71. The molecule has 0 fully saturated rings. The van der Waals surface area contributed by atoms with E-state index in [2.05, 4.69) is 20.9 Å². The van der Waals surface area contributed by atoms with Crippen LogP contribution < -0.4 is 4.74 Å². The lowest BCUT2D eigenvalue weighted by Gasteiger charge is -2.08. The van der Waals surface area contributed by atoms with Crippen LogP contribution in [0, 0.1) is 0 Å². The molecule has 92 valence electrons. The molecule has 0 N–H and O–H groups in total. The number of ketones is 1. The van der Waals surface area contributed by atoms with E-state index < -0.39 is 0 Å². The fraction of sp³-hybridized carbons (Fsp3) is 0.0769. The van der Waals surface area contributed by atoms with E-state index in [4.69, 9.17) is 16.3 Å². The quantitative estimate of drug-likeness (QED) is 0.807. The van der Waals surface area contributed by atoms with E-state index in [1.54, 1.807) is 30.5 Å². The number of hydrogen-bond donors (Lipinski definition) is 0. The molecule has 18 heavy (non-hydrogen) atoms. The molecule has 0 saturated carbocycles. The second-order valence-electron chi connectivity index (χ2n) is 3.57. The standard InChI is InChI=1S/C13H9BrClNO2/c1-18-12-3-2-10(15)5-11(12)13(17)8-4-9(14)7-16-6-8/h2-7H,1H3. The molecule has 1 heterocycles. The van der Waals surface area contributed by atoms with Crippen molar-refractivity contribution in [2.75, 3.05) is 7.11 Å². The summed E-state index contributed by atoms with van der Waals surface area (Å²) in [6.45, 7) is 0. The van der Waals surface area contributed by atoms with Gasteiger partial charge in [-0.3, -0.25) is 9.78 Å². The molecule has 0 amide bonds. The number of carbonyl (C=O) groups is 1. The number of rotatable bonds is 3. The van der Waals surface area contributed by atoms with Gasteiger partial charge in [-0.2, -0.15) is 0 Å². The Hall–Kier alpha value is -1.39. The number of aromatic nitrogens is 1. The van der Waals surface area contributed by atoms with Crippen molar-refractivity contribution in [2.45, 2.75) is 0 Å². The number of methoxy groups -OCH3 is 1. The van der Waals surface area contributed by atoms with Gasteiger partial charge in [0.2, 0.25) is 0 Å². The van der Waals surface area contributed by atoms with Crippen molar-refractivity contribution in [3.05, 3.63) is 57.3 Å². The highest BCUT2D eigenvalue weighted by molar-refractivity contribution is 9.10. The molecule has 2 rings (SSSR count). The molecule has 3 nitrogen and oxygen atoms in total. The summed E-state index contributed by atoms with van der Waals surface area (Å²) in [4.78, 5) is 16.3. The minimum atomic E-state index is -0.178. The number of carbonyl (C=O) groups excluding carboxylic acids is 1. The Balaban J connectivity index is 2.48. The topological polar surface area (TPSA) is 39.2 Å². The Kier molecular flexibility index (Phi) is 3.99. The summed E-state index contributed by atoms with van der Waals surface area (Å²) in [5.74, 6) is 0.313. The number of halogens is 2. The maximum absolute atomic E-state index is 12.3. The van der Waals surface area contributed by atoms with Gasteiger partial charge in [0.1, 0.15) is 5.75 Å². The first kappa shape index (κ1) is 13.1. The van der Waals surface area contributed by atoms with E-state index >= 15 is 0 Å². The molecular weight excluding hydrogens is 318 g/mol. The zero-order valence-electron chi connectivity index (χ0n) is 9.48. The summed E-state index contributed by atoms with van der Waals surface area (Å²) in [6, 6.07) is 6.64. The zero-order chi connectivity index (χ0) is 13.1. The first-order chi connectivity index (χ1) is 8.61. The minimum Gasteiger partial charge on any atom is -0.496 e. The third-order valence-corrected chi connectivity index (χ3v) is 3.04. The fourth-order valence-corrected chi connectivity index (χ4v) is 2.09. The summed E-state index contributed by atoms with van der Waals surface area (Å²) in [6.07, 6.45) is 3.12. The van der Waals surface area contributed by atoms with Gasteiger partial charge in [-0.25, -0.2) is 0 Å². The maximum atomic E-state index is 12.3. The van der Waals surface area contributed by atoms with Crippen molar-refractivity contribution in [1.29, 1.82) is 0 Å². The molecule has 0 aliphatic carbocycles. The van der Waals surface area contributed by atoms with Gasteiger partial charge < -0.3 is 4.74 Å². The molecule has 0 unspecified atom stereocenters. The predicted octanol–water partition coefficient (Wildman–Crippen LogP) is 3.74. The van der Waals surface area contributed by atoms with Crippen LogP contribution in [0.4, 0.5) is 0 Å². The predicted molar refractivity (Wildman–Crippen MR) is 73.4 cm³/mol. The lowest BCUT2D eigenvalue weighted by Crippen LogP contribution is -2.04. The third-order valence-electron chi connectivity index (χ3n) is 2.37. The van der Waals surface area contributed by atoms with E-state index in [-0.39, 0.29) is 5.78 Å². The van der Waals surface area contributed by atoms with Crippen molar-refractivity contribution in [1.82, 2.24) is 4.98 Å². The van der Waals surface area contributed by atoms with Crippen LogP contribution in [-0.4, -0.2) is 17.9 Å². The van der Waals surface area contributed by atoms with Crippen molar-refractivity contribution >= 4 is 33.3 Å². The second kappa shape index (κ2) is 5.50. The summed E-state index contributed by atoms with van der Waals surface area (Å²) in [7, 11) is 1.51. The van der Waals surface area contributed by atoms with Crippen molar-refractivity contribution < 1.29 is 9.53 Å². The van der Waals surface area contributed by atoms with Gasteiger partial charge in [-0.05, 0) is 40.2 Å². The summed E-state index contributed by atoms with van der Waals surface area (Å²) < 4.78 is 5.91. The van der Waals surface area contributed by atoms with Crippen LogP contribution in [-0.2, 0) is 0 Å². The van der Waals surface area contributed by atoms with E-state index in [1.807, 2.05) is 0 Å². The van der Waals surface area contributed by atoms with Crippen LogP contribution in [0.3, 0.4) is 0 Å². The largest absolute Gasteiger partial charge is 0.496 e. The van der Waals surface area contributed by atoms with Gasteiger partial charge in [0.15, 0.2) is 5.78 Å². The average Bonchev–Trinajstić information content (AvgIpc) is 2.38. The molecular formula is C13H9BrClNO2. The van der Waals surface area contributed by atoms with Gasteiger partial charge in [-0.15, -0.1) is 0 Å². The molecule has 0 aliphatic rings.